The minimum atomic E-state index is -0.521. The van der Waals surface area contributed by atoms with Crippen LogP contribution in [0, 0.1) is 10.1 Å². The van der Waals surface area contributed by atoms with Gasteiger partial charge in [-0.15, -0.1) is 0 Å². The van der Waals surface area contributed by atoms with Gasteiger partial charge in [-0.2, -0.15) is 0 Å². The number of methoxy groups -OCH3 is 3. The summed E-state index contributed by atoms with van der Waals surface area (Å²) in [6, 6.07) is 9.09. The van der Waals surface area contributed by atoms with E-state index in [2.05, 4.69) is 10.6 Å². The Balaban J connectivity index is 2.07. The van der Waals surface area contributed by atoms with Gasteiger partial charge in [0.25, 0.3) is 5.69 Å². The topological polar surface area (TPSA) is 112 Å². The lowest BCUT2D eigenvalue weighted by Gasteiger charge is -2.13. The Morgan fingerprint density at radius 3 is 2.35 bits per heavy atom. The van der Waals surface area contributed by atoms with Crippen molar-refractivity contribution in [2.75, 3.05) is 38.5 Å². The van der Waals surface area contributed by atoms with Crippen LogP contribution in [0.5, 0.6) is 17.2 Å². The van der Waals surface area contributed by atoms with Crippen molar-refractivity contribution in [3.8, 4) is 17.2 Å². The second kappa shape index (κ2) is 8.56. The fourth-order valence-electron chi connectivity index (χ4n) is 2.22. The van der Waals surface area contributed by atoms with E-state index >= 15 is 0 Å². The van der Waals surface area contributed by atoms with Crippen LogP contribution in [0.25, 0.3) is 0 Å². The average Bonchev–Trinajstić information content (AvgIpc) is 2.66. The standard InChI is InChI=1S/C17H19N3O6/c1-24-12-5-6-13(16(9-12)26-3)19-17(21)10-18-14-8-11(20(22)23)4-7-15(14)25-2/h4-9,18H,10H2,1-3H3,(H,19,21). The van der Waals surface area contributed by atoms with Crippen LogP contribution < -0.4 is 24.8 Å². The van der Waals surface area contributed by atoms with E-state index in [1.807, 2.05) is 0 Å². The number of carbonyl (C=O) groups is 1. The predicted molar refractivity (Wildman–Crippen MR) is 96.3 cm³/mol. The van der Waals surface area contributed by atoms with E-state index in [4.69, 9.17) is 14.2 Å². The number of anilines is 2. The van der Waals surface area contributed by atoms with E-state index in [1.165, 1.54) is 39.5 Å². The molecule has 9 heteroatoms. The highest BCUT2D eigenvalue weighted by Gasteiger charge is 2.13. The van der Waals surface area contributed by atoms with E-state index in [0.29, 0.717) is 28.6 Å². The second-order valence-electron chi connectivity index (χ2n) is 5.11. The highest BCUT2D eigenvalue weighted by Crippen LogP contribution is 2.30. The number of nitrogens with zero attached hydrogens (tertiary/aromatic N) is 1. The number of nitro groups is 1. The number of hydrogen-bond donors (Lipinski definition) is 2. The largest absolute Gasteiger partial charge is 0.497 e. The Hall–Kier alpha value is -3.49. The van der Waals surface area contributed by atoms with Crippen molar-refractivity contribution >= 4 is 23.0 Å². The summed E-state index contributed by atoms with van der Waals surface area (Å²) in [5.74, 6) is 1.08. The van der Waals surface area contributed by atoms with E-state index in [1.54, 1.807) is 18.2 Å². The smallest absolute Gasteiger partial charge is 0.271 e. The number of carbonyl (C=O) groups excluding carboxylic acids is 1. The molecule has 2 N–H and O–H groups in total. The lowest BCUT2D eigenvalue weighted by molar-refractivity contribution is -0.384. The lowest BCUT2D eigenvalue weighted by atomic mass is 10.2. The molecule has 138 valence electrons. The molecule has 0 aliphatic heterocycles. The number of nitro benzene ring substituents is 1. The van der Waals surface area contributed by atoms with Crippen molar-refractivity contribution < 1.29 is 23.9 Å². The summed E-state index contributed by atoms with van der Waals surface area (Å²) in [6.45, 7) is -0.118. The number of benzene rings is 2. The van der Waals surface area contributed by atoms with Gasteiger partial charge in [0.2, 0.25) is 5.91 Å². The molecule has 0 saturated carbocycles. The molecule has 9 nitrogen and oxygen atoms in total. The van der Waals surface area contributed by atoms with Crippen LogP contribution in [0.1, 0.15) is 0 Å². The van der Waals surface area contributed by atoms with Crippen molar-refractivity contribution in [1.29, 1.82) is 0 Å². The molecule has 0 fully saturated rings. The summed E-state index contributed by atoms with van der Waals surface area (Å²) < 4.78 is 15.5. The number of non-ortho nitro benzene ring substituents is 1. The quantitative estimate of drug-likeness (QED) is 0.549. The predicted octanol–water partition coefficient (Wildman–Crippen LogP) is 2.67. The number of rotatable bonds is 8. The Morgan fingerprint density at radius 2 is 1.73 bits per heavy atom. The first-order valence-corrected chi connectivity index (χ1v) is 7.56. The van der Waals surface area contributed by atoms with E-state index in [9.17, 15) is 14.9 Å². The van der Waals surface area contributed by atoms with Gasteiger partial charge < -0.3 is 24.8 Å². The van der Waals surface area contributed by atoms with Gasteiger partial charge in [-0.3, -0.25) is 14.9 Å². The van der Waals surface area contributed by atoms with E-state index in [0.717, 1.165) is 0 Å². The maximum absolute atomic E-state index is 12.2. The molecule has 0 bridgehead atoms. The Bertz CT molecular complexity index is 809. The zero-order valence-corrected chi connectivity index (χ0v) is 14.6. The van der Waals surface area contributed by atoms with Crippen LogP contribution in [-0.4, -0.2) is 38.7 Å². The molecule has 0 radical (unpaired) electrons. The third-order valence-electron chi connectivity index (χ3n) is 3.52. The third-order valence-corrected chi connectivity index (χ3v) is 3.52. The third kappa shape index (κ3) is 4.53. The van der Waals surface area contributed by atoms with Gasteiger partial charge in [0.05, 0.1) is 44.2 Å². The first-order chi connectivity index (χ1) is 12.5. The Kier molecular flexibility index (Phi) is 6.20. The lowest BCUT2D eigenvalue weighted by Crippen LogP contribution is -2.22. The average molecular weight is 361 g/mol. The monoisotopic (exact) mass is 361 g/mol. The molecular weight excluding hydrogens is 342 g/mol. The van der Waals surface area contributed by atoms with Crippen LogP contribution >= 0.6 is 0 Å². The molecule has 0 heterocycles. The molecule has 0 atom stereocenters. The molecule has 0 aromatic heterocycles. The zero-order valence-electron chi connectivity index (χ0n) is 14.6. The van der Waals surface area contributed by atoms with Gasteiger partial charge in [0, 0.05) is 18.2 Å². The van der Waals surface area contributed by atoms with Gasteiger partial charge in [0.1, 0.15) is 17.2 Å². The second-order valence-corrected chi connectivity index (χ2v) is 5.11. The van der Waals surface area contributed by atoms with Crippen LogP contribution in [-0.2, 0) is 4.79 Å². The number of ether oxygens (including phenoxy) is 3. The highest BCUT2D eigenvalue weighted by atomic mass is 16.6. The maximum Gasteiger partial charge on any atom is 0.271 e. The molecule has 2 aromatic carbocycles. The molecule has 0 spiro atoms. The highest BCUT2D eigenvalue weighted by molar-refractivity contribution is 5.95. The number of nitrogens with one attached hydrogen (secondary N) is 2. The summed E-state index contributed by atoms with van der Waals surface area (Å²) in [5.41, 5.74) is 0.718. The fraction of sp³-hybridized carbons (Fsp3) is 0.235. The summed E-state index contributed by atoms with van der Waals surface area (Å²) >= 11 is 0. The number of hydrogen-bond acceptors (Lipinski definition) is 7. The molecule has 0 aliphatic carbocycles. The molecule has 26 heavy (non-hydrogen) atoms. The minimum Gasteiger partial charge on any atom is -0.497 e. The summed E-state index contributed by atoms with van der Waals surface area (Å²) in [7, 11) is 4.45. The molecule has 1 amide bonds. The van der Waals surface area contributed by atoms with Gasteiger partial charge in [-0.25, -0.2) is 0 Å². The Morgan fingerprint density at radius 1 is 1.00 bits per heavy atom. The van der Waals surface area contributed by atoms with Gasteiger partial charge in [-0.05, 0) is 18.2 Å². The van der Waals surface area contributed by atoms with Crippen molar-refractivity contribution in [2.24, 2.45) is 0 Å². The Labute approximate surface area is 150 Å². The van der Waals surface area contributed by atoms with Gasteiger partial charge in [-0.1, -0.05) is 0 Å². The first-order valence-electron chi connectivity index (χ1n) is 7.56. The van der Waals surface area contributed by atoms with E-state index in [-0.39, 0.29) is 18.1 Å². The van der Waals surface area contributed by atoms with Crippen LogP contribution in [0.2, 0.25) is 0 Å². The van der Waals surface area contributed by atoms with Crippen molar-refractivity contribution in [2.45, 2.75) is 0 Å². The molecule has 2 aromatic rings. The molecule has 0 aliphatic rings. The van der Waals surface area contributed by atoms with Crippen LogP contribution in [0.3, 0.4) is 0 Å². The minimum absolute atomic E-state index is 0.106. The van der Waals surface area contributed by atoms with Crippen molar-refractivity contribution in [1.82, 2.24) is 0 Å². The maximum atomic E-state index is 12.2. The SMILES string of the molecule is COc1ccc(NC(=O)CNc2cc([N+](=O)[O-])ccc2OC)c(OC)c1. The first kappa shape index (κ1) is 18.8. The summed E-state index contributed by atoms with van der Waals surface area (Å²) in [6.07, 6.45) is 0. The normalized spacial score (nSPS) is 9.96. The van der Waals surface area contributed by atoms with Crippen LogP contribution in [0.15, 0.2) is 36.4 Å². The summed E-state index contributed by atoms with van der Waals surface area (Å²) in [4.78, 5) is 22.6. The molecule has 0 saturated heterocycles. The number of amides is 1. The zero-order chi connectivity index (χ0) is 19.1. The summed E-state index contributed by atoms with van der Waals surface area (Å²) in [5, 5.41) is 16.4. The van der Waals surface area contributed by atoms with Crippen molar-refractivity contribution in [3.05, 3.63) is 46.5 Å². The van der Waals surface area contributed by atoms with Crippen molar-refractivity contribution in [3.63, 3.8) is 0 Å². The molecule has 2 rings (SSSR count). The molecular formula is C17H19N3O6. The molecule has 0 unspecified atom stereocenters. The van der Waals surface area contributed by atoms with E-state index < -0.39 is 4.92 Å². The van der Waals surface area contributed by atoms with Crippen LogP contribution in [0.4, 0.5) is 17.1 Å². The van der Waals surface area contributed by atoms with Gasteiger partial charge >= 0.3 is 0 Å². The van der Waals surface area contributed by atoms with Gasteiger partial charge in [0.15, 0.2) is 0 Å². The fourth-order valence-corrected chi connectivity index (χ4v) is 2.22.